The Morgan fingerprint density at radius 3 is 1.94 bits per heavy atom. The maximum atomic E-state index is 5.60. The van der Waals surface area contributed by atoms with Crippen molar-refractivity contribution in [3.05, 3.63) is 0 Å². The van der Waals surface area contributed by atoms with Crippen LogP contribution in [0.5, 0.6) is 0 Å². The summed E-state index contributed by atoms with van der Waals surface area (Å²) in [6.07, 6.45) is 3.52. The molecule has 0 aliphatic carbocycles. The Kier molecular flexibility index (Phi) is 7.25. The summed E-state index contributed by atoms with van der Waals surface area (Å²) in [6.45, 7) is 16.2. The highest BCUT2D eigenvalue weighted by Crippen LogP contribution is 2.20. The normalized spacial score (nSPS) is 13.1. The summed E-state index contributed by atoms with van der Waals surface area (Å²) in [7, 11) is 0. The quantitative estimate of drug-likeness (QED) is 0.673. The summed E-state index contributed by atoms with van der Waals surface area (Å²) < 4.78 is 5.60. The third kappa shape index (κ3) is 13.9. The Morgan fingerprint density at radius 2 is 1.44 bits per heavy atom. The van der Waals surface area contributed by atoms with Crippen molar-refractivity contribution in [3.63, 3.8) is 0 Å². The van der Waals surface area contributed by atoms with E-state index in [-0.39, 0.29) is 5.54 Å². The first-order valence-electron chi connectivity index (χ1n) is 6.53. The molecule has 0 spiro atoms. The van der Waals surface area contributed by atoms with Gasteiger partial charge in [-0.05, 0) is 52.0 Å². The van der Waals surface area contributed by atoms with Crippen LogP contribution in [0, 0.1) is 5.41 Å². The molecule has 0 aromatic carbocycles. The van der Waals surface area contributed by atoms with Crippen LogP contribution in [-0.2, 0) is 4.74 Å². The largest absolute Gasteiger partial charge is 0.381 e. The average molecular weight is 229 g/mol. The van der Waals surface area contributed by atoms with Crippen LogP contribution >= 0.6 is 0 Å². The van der Waals surface area contributed by atoms with Crippen LogP contribution < -0.4 is 5.32 Å². The maximum absolute atomic E-state index is 5.60. The fraction of sp³-hybridized carbons (Fsp3) is 1.00. The van der Waals surface area contributed by atoms with E-state index in [2.05, 4.69) is 46.9 Å². The first kappa shape index (κ1) is 15.9. The highest BCUT2D eigenvalue weighted by Gasteiger charge is 2.09. The molecule has 98 valence electrons. The van der Waals surface area contributed by atoms with E-state index < -0.39 is 0 Å². The van der Waals surface area contributed by atoms with Gasteiger partial charge in [-0.25, -0.2) is 0 Å². The number of nitrogens with one attached hydrogen (secondary N) is 1. The minimum atomic E-state index is 0.228. The molecular weight excluding hydrogens is 198 g/mol. The lowest BCUT2D eigenvalue weighted by molar-refractivity contribution is 0.119. The molecule has 0 aliphatic heterocycles. The van der Waals surface area contributed by atoms with Gasteiger partial charge < -0.3 is 10.1 Å². The lowest BCUT2D eigenvalue weighted by Crippen LogP contribution is -2.36. The van der Waals surface area contributed by atoms with E-state index in [0.29, 0.717) is 5.41 Å². The van der Waals surface area contributed by atoms with Gasteiger partial charge in [-0.1, -0.05) is 20.8 Å². The molecule has 0 unspecified atom stereocenters. The molecule has 0 saturated heterocycles. The minimum Gasteiger partial charge on any atom is -0.381 e. The van der Waals surface area contributed by atoms with E-state index in [4.69, 9.17) is 4.74 Å². The van der Waals surface area contributed by atoms with Crippen molar-refractivity contribution in [1.29, 1.82) is 0 Å². The van der Waals surface area contributed by atoms with Gasteiger partial charge in [0, 0.05) is 18.8 Å². The number of hydrogen-bond donors (Lipinski definition) is 1. The predicted octanol–water partition coefficient (Wildman–Crippen LogP) is 3.61. The van der Waals surface area contributed by atoms with Crippen LogP contribution in [0.3, 0.4) is 0 Å². The highest BCUT2D eigenvalue weighted by atomic mass is 16.5. The first-order valence-corrected chi connectivity index (χ1v) is 6.53. The van der Waals surface area contributed by atoms with E-state index in [9.17, 15) is 0 Å². The zero-order chi connectivity index (χ0) is 12.7. The van der Waals surface area contributed by atoms with Gasteiger partial charge in [0.15, 0.2) is 0 Å². The second kappa shape index (κ2) is 7.29. The summed E-state index contributed by atoms with van der Waals surface area (Å²) in [5.41, 5.74) is 0.670. The third-order valence-electron chi connectivity index (χ3n) is 2.34. The smallest absolute Gasteiger partial charge is 0.0478 e. The van der Waals surface area contributed by atoms with E-state index >= 15 is 0 Å². The monoisotopic (exact) mass is 229 g/mol. The Bertz CT molecular complexity index is 145. The Hall–Kier alpha value is -0.0800. The maximum Gasteiger partial charge on any atom is 0.0478 e. The number of hydrogen-bond acceptors (Lipinski definition) is 2. The van der Waals surface area contributed by atoms with Crippen molar-refractivity contribution in [3.8, 4) is 0 Å². The molecule has 0 aliphatic rings. The van der Waals surface area contributed by atoms with Crippen LogP contribution in [-0.4, -0.2) is 25.3 Å². The summed E-state index contributed by atoms with van der Waals surface area (Å²) >= 11 is 0. The van der Waals surface area contributed by atoms with Crippen molar-refractivity contribution in [1.82, 2.24) is 5.32 Å². The molecule has 0 aromatic heterocycles. The van der Waals surface area contributed by atoms with Gasteiger partial charge in [0.05, 0.1) is 0 Å². The molecule has 2 heteroatoms. The van der Waals surface area contributed by atoms with E-state index in [1.807, 2.05) is 0 Å². The molecule has 0 heterocycles. The number of ether oxygens (including phenoxy) is 1. The second-order valence-corrected chi connectivity index (χ2v) is 6.81. The topological polar surface area (TPSA) is 21.3 Å². The van der Waals surface area contributed by atoms with Crippen molar-refractivity contribution < 1.29 is 4.74 Å². The van der Waals surface area contributed by atoms with Gasteiger partial charge in [0.2, 0.25) is 0 Å². The lowest BCUT2D eigenvalue weighted by Gasteiger charge is -2.20. The van der Waals surface area contributed by atoms with E-state index in [0.717, 1.165) is 26.2 Å². The fourth-order valence-electron chi connectivity index (χ4n) is 1.44. The average Bonchev–Trinajstić information content (AvgIpc) is 2.06. The molecule has 2 nitrogen and oxygen atoms in total. The number of rotatable bonds is 7. The van der Waals surface area contributed by atoms with Crippen LogP contribution in [0.1, 0.15) is 60.8 Å². The molecule has 0 amide bonds. The molecule has 0 atom stereocenters. The van der Waals surface area contributed by atoms with Crippen LogP contribution in [0.2, 0.25) is 0 Å². The van der Waals surface area contributed by atoms with Crippen LogP contribution in [0.15, 0.2) is 0 Å². The zero-order valence-electron chi connectivity index (χ0n) is 12.2. The van der Waals surface area contributed by atoms with Crippen LogP contribution in [0.4, 0.5) is 0 Å². The van der Waals surface area contributed by atoms with Gasteiger partial charge in [-0.3, -0.25) is 0 Å². The molecular formula is C14H31NO. The Labute approximate surface area is 102 Å². The molecule has 0 fully saturated rings. The van der Waals surface area contributed by atoms with Gasteiger partial charge >= 0.3 is 0 Å². The van der Waals surface area contributed by atoms with E-state index in [1.165, 1.54) is 12.8 Å². The minimum absolute atomic E-state index is 0.228. The highest BCUT2D eigenvalue weighted by molar-refractivity contribution is 4.69. The van der Waals surface area contributed by atoms with Gasteiger partial charge in [0.25, 0.3) is 0 Å². The van der Waals surface area contributed by atoms with Gasteiger partial charge in [0.1, 0.15) is 0 Å². The summed E-state index contributed by atoms with van der Waals surface area (Å²) in [6, 6.07) is 0. The molecule has 0 bridgehead atoms. The predicted molar refractivity (Wildman–Crippen MR) is 71.9 cm³/mol. The zero-order valence-corrected chi connectivity index (χ0v) is 12.2. The molecule has 1 N–H and O–H groups in total. The van der Waals surface area contributed by atoms with Crippen molar-refractivity contribution in [2.75, 3.05) is 19.8 Å². The Morgan fingerprint density at radius 1 is 0.875 bits per heavy atom. The molecule has 0 radical (unpaired) electrons. The van der Waals surface area contributed by atoms with Gasteiger partial charge in [-0.2, -0.15) is 0 Å². The van der Waals surface area contributed by atoms with E-state index in [1.54, 1.807) is 0 Å². The van der Waals surface area contributed by atoms with Crippen molar-refractivity contribution >= 4 is 0 Å². The molecule has 16 heavy (non-hydrogen) atoms. The SMILES string of the molecule is CC(C)(C)CCCOCCCNC(C)(C)C. The summed E-state index contributed by atoms with van der Waals surface area (Å²) in [5.74, 6) is 0. The molecule has 0 aromatic rings. The molecule has 0 rings (SSSR count). The third-order valence-corrected chi connectivity index (χ3v) is 2.34. The first-order chi connectivity index (χ1) is 7.21. The second-order valence-electron chi connectivity index (χ2n) is 6.81. The van der Waals surface area contributed by atoms with Gasteiger partial charge in [-0.15, -0.1) is 0 Å². The lowest BCUT2D eigenvalue weighted by atomic mass is 9.91. The summed E-state index contributed by atoms with van der Waals surface area (Å²) in [4.78, 5) is 0. The van der Waals surface area contributed by atoms with Crippen molar-refractivity contribution in [2.45, 2.75) is 66.3 Å². The van der Waals surface area contributed by atoms with Crippen molar-refractivity contribution in [2.24, 2.45) is 5.41 Å². The standard InChI is InChI=1S/C14H31NO/c1-13(2,3)9-7-11-16-12-8-10-15-14(4,5)6/h15H,7-12H2,1-6H3. The fourth-order valence-corrected chi connectivity index (χ4v) is 1.44. The summed E-state index contributed by atoms with van der Waals surface area (Å²) in [5, 5.41) is 3.46. The van der Waals surface area contributed by atoms with Crippen LogP contribution in [0.25, 0.3) is 0 Å². The molecule has 0 saturated carbocycles. The Balaban J connectivity index is 3.17.